The number of nitrogens with one attached hydrogen (secondary N) is 1. The third-order valence-corrected chi connectivity index (χ3v) is 6.38. The van der Waals surface area contributed by atoms with Crippen LogP contribution in [-0.4, -0.2) is 60.3 Å². The fourth-order valence-electron chi connectivity index (χ4n) is 4.08. The average molecular weight is 429 g/mol. The summed E-state index contributed by atoms with van der Waals surface area (Å²) in [5.41, 5.74) is 1.84. The zero-order chi connectivity index (χ0) is 21.3. The lowest BCUT2D eigenvalue weighted by molar-refractivity contribution is -0.131. The van der Waals surface area contributed by atoms with Gasteiger partial charge in [-0.3, -0.25) is 18.6 Å². The lowest BCUT2D eigenvalue weighted by Crippen LogP contribution is -2.42. The van der Waals surface area contributed by atoms with Crippen molar-refractivity contribution in [3.63, 3.8) is 0 Å². The standard InChI is InChI=1S/C21H28N6O2S/c1-14(2)22-18(28)12-26-16-9-4-5-10-17(16)27-20(26)23-24-21(27)30-13-19(29)25-11-7-6-8-15(25)3/h4-5,9-10,14-15H,6-8,11-13H2,1-3H3,(H,22,28)/t15-/m1/s1. The fraction of sp³-hybridized carbons (Fsp3) is 0.524. The number of aromatic nitrogens is 4. The van der Waals surface area contributed by atoms with Gasteiger partial charge in [-0.2, -0.15) is 0 Å². The Bertz CT molecular complexity index is 1070. The molecule has 0 spiro atoms. The molecule has 0 unspecified atom stereocenters. The molecule has 1 saturated heterocycles. The molecule has 0 aliphatic carbocycles. The van der Waals surface area contributed by atoms with Gasteiger partial charge in [-0.25, -0.2) is 0 Å². The summed E-state index contributed by atoms with van der Waals surface area (Å²) >= 11 is 1.40. The molecule has 0 bridgehead atoms. The third kappa shape index (κ3) is 4.03. The van der Waals surface area contributed by atoms with Gasteiger partial charge in [0.1, 0.15) is 6.54 Å². The van der Waals surface area contributed by atoms with Crippen LogP contribution in [0.15, 0.2) is 29.4 Å². The first-order valence-corrected chi connectivity index (χ1v) is 11.5. The molecule has 2 aromatic heterocycles. The van der Waals surface area contributed by atoms with Crippen LogP contribution in [0.3, 0.4) is 0 Å². The fourth-order valence-corrected chi connectivity index (χ4v) is 4.90. The van der Waals surface area contributed by atoms with Gasteiger partial charge in [-0.1, -0.05) is 23.9 Å². The minimum atomic E-state index is -0.0697. The molecular weight excluding hydrogens is 400 g/mol. The first kappa shape index (κ1) is 20.7. The first-order valence-electron chi connectivity index (χ1n) is 10.5. The highest BCUT2D eigenvalue weighted by Crippen LogP contribution is 2.26. The smallest absolute Gasteiger partial charge is 0.240 e. The van der Waals surface area contributed by atoms with Crippen LogP contribution in [0.4, 0.5) is 0 Å². The molecule has 2 amide bonds. The molecule has 0 radical (unpaired) electrons. The summed E-state index contributed by atoms with van der Waals surface area (Å²) < 4.78 is 3.81. The van der Waals surface area contributed by atoms with Crippen molar-refractivity contribution in [2.45, 2.75) is 63.8 Å². The molecule has 0 saturated carbocycles. The predicted molar refractivity (Wildman–Crippen MR) is 118 cm³/mol. The molecule has 1 fully saturated rings. The van der Waals surface area contributed by atoms with Crippen LogP contribution in [0.2, 0.25) is 0 Å². The second-order valence-electron chi connectivity index (χ2n) is 8.14. The van der Waals surface area contributed by atoms with Crippen molar-refractivity contribution < 1.29 is 9.59 Å². The zero-order valence-electron chi connectivity index (χ0n) is 17.7. The average Bonchev–Trinajstić information content (AvgIpc) is 3.25. The van der Waals surface area contributed by atoms with E-state index in [2.05, 4.69) is 22.4 Å². The normalized spacial score (nSPS) is 17.2. The number of amides is 2. The van der Waals surface area contributed by atoms with Crippen LogP contribution in [0, 0.1) is 0 Å². The number of piperidine rings is 1. The number of fused-ring (bicyclic) bond motifs is 3. The lowest BCUT2D eigenvalue weighted by atomic mass is 10.0. The maximum atomic E-state index is 12.7. The molecule has 8 nitrogen and oxygen atoms in total. The number of imidazole rings is 1. The number of thioether (sulfide) groups is 1. The van der Waals surface area contributed by atoms with Gasteiger partial charge in [-0.15, -0.1) is 10.2 Å². The number of hydrogen-bond acceptors (Lipinski definition) is 5. The topological polar surface area (TPSA) is 84.5 Å². The van der Waals surface area contributed by atoms with Gasteiger partial charge in [0.05, 0.1) is 16.8 Å². The highest BCUT2D eigenvalue weighted by atomic mass is 32.2. The van der Waals surface area contributed by atoms with Crippen LogP contribution in [0.5, 0.6) is 0 Å². The zero-order valence-corrected chi connectivity index (χ0v) is 18.5. The molecule has 1 aliphatic rings. The number of hydrogen-bond donors (Lipinski definition) is 1. The Kier molecular flexibility index (Phi) is 5.99. The Morgan fingerprint density at radius 1 is 1.20 bits per heavy atom. The Hall–Kier alpha value is -2.55. The van der Waals surface area contributed by atoms with Crippen molar-refractivity contribution in [2.75, 3.05) is 12.3 Å². The van der Waals surface area contributed by atoms with E-state index >= 15 is 0 Å². The number of para-hydroxylation sites is 2. The molecule has 1 N–H and O–H groups in total. The monoisotopic (exact) mass is 428 g/mol. The van der Waals surface area contributed by atoms with E-state index in [1.165, 1.54) is 18.2 Å². The van der Waals surface area contributed by atoms with Gasteiger partial charge in [0.15, 0.2) is 5.16 Å². The van der Waals surface area contributed by atoms with Gasteiger partial charge in [0.25, 0.3) is 0 Å². The Morgan fingerprint density at radius 2 is 1.97 bits per heavy atom. The van der Waals surface area contributed by atoms with Crippen molar-refractivity contribution in [1.29, 1.82) is 0 Å². The predicted octanol–water partition coefficient (Wildman–Crippen LogP) is 2.70. The summed E-state index contributed by atoms with van der Waals surface area (Å²) in [5.74, 6) is 1.01. The van der Waals surface area contributed by atoms with E-state index in [0.717, 1.165) is 30.4 Å². The van der Waals surface area contributed by atoms with E-state index in [9.17, 15) is 9.59 Å². The summed E-state index contributed by atoms with van der Waals surface area (Å²) in [6, 6.07) is 8.23. The van der Waals surface area contributed by atoms with E-state index in [-0.39, 0.29) is 24.4 Å². The van der Waals surface area contributed by atoms with Crippen LogP contribution in [0.1, 0.15) is 40.0 Å². The number of carbonyl (C=O) groups excluding carboxylic acids is 2. The molecule has 1 aromatic carbocycles. The van der Waals surface area contributed by atoms with E-state index < -0.39 is 0 Å². The molecule has 160 valence electrons. The minimum Gasteiger partial charge on any atom is -0.352 e. The lowest BCUT2D eigenvalue weighted by Gasteiger charge is -2.33. The highest BCUT2D eigenvalue weighted by molar-refractivity contribution is 7.99. The number of carbonyl (C=O) groups is 2. The first-order chi connectivity index (χ1) is 14.5. The summed E-state index contributed by atoms with van der Waals surface area (Å²) in [6.07, 6.45) is 3.33. The highest BCUT2D eigenvalue weighted by Gasteiger charge is 2.24. The molecule has 1 aliphatic heterocycles. The Morgan fingerprint density at radius 3 is 2.70 bits per heavy atom. The second-order valence-corrected chi connectivity index (χ2v) is 9.08. The maximum absolute atomic E-state index is 12.7. The molecule has 30 heavy (non-hydrogen) atoms. The third-order valence-electron chi connectivity index (χ3n) is 5.47. The SMILES string of the molecule is CC(C)NC(=O)Cn1c2ccccc2n2c(SCC(=O)N3CCCC[C@H]3C)nnc12. The Balaban J connectivity index is 1.60. The summed E-state index contributed by atoms with van der Waals surface area (Å²) in [4.78, 5) is 27.1. The molecule has 1 atom stereocenters. The van der Waals surface area contributed by atoms with Gasteiger partial charge in [0.2, 0.25) is 17.6 Å². The van der Waals surface area contributed by atoms with E-state index in [1.807, 2.05) is 52.0 Å². The van der Waals surface area contributed by atoms with Crippen LogP contribution in [-0.2, 0) is 16.1 Å². The summed E-state index contributed by atoms with van der Waals surface area (Å²) in [7, 11) is 0. The minimum absolute atomic E-state index is 0.0697. The maximum Gasteiger partial charge on any atom is 0.240 e. The van der Waals surface area contributed by atoms with Crippen LogP contribution >= 0.6 is 11.8 Å². The number of nitrogens with zero attached hydrogens (tertiary/aromatic N) is 5. The van der Waals surface area contributed by atoms with Crippen molar-refractivity contribution in [3.8, 4) is 0 Å². The second kappa shape index (κ2) is 8.67. The van der Waals surface area contributed by atoms with E-state index in [0.29, 0.717) is 22.7 Å². The van der Waals surface area contributed by atoms with Crippen molar-refractivity contribution in [3.05, 3.63) is 24.3 Å². The van der Waals surface area contributed by atoms with Gasteiger partial charge in [-0.05, 0) is 52.2 Å². The molecule has 3 aromatic rings. The number of benzene rings is 1. The summed E-state index contributed by atoms with van der Waals surface area (Å²) in [5, 5.41) is 12.3. The molecule has 4 rings (SSSR count). The summed E-state index contributed by atoms with van der Waals surface area (Å²) in [6.45, 7) is 7.00. The van der Waals surface area contributed by atoms with Crippen molar-refractivity contribution in [2.24, 2.45) is 0 Å². The largest absolute Gasteiger partial charge is 0.352 e. The van der Waals surface area contributed by atoms with Gasteiger partial charge >= 0.3 is 0 Å². The molecule has 3 heterocycles. The number of rotatable bonds is 6. The van der Waals surface area contributed by atoms with Crippen molar-refractivity contribution >= 4 is 40.4 Å². The van der Waals surface area contributed by atoms with Gasteiger partial charge in [0, 0.05) is 18.6 Å². The van der Waals surface area contributed by atoms with E-state index in [4.69, 9.17) is 0 Å². The van der Waals surface area contributed by atoms with Gasteiger partial charge < -0.3 is 10.2 Å². The number of likely N-dealkylation sites (tertiary alicyclic amines) is 1. The van der Waals surface area contributed by atoms with Crippen LogP contribution < -0.4 is 5.32 Å². The van der Waals surface area contributed by atoms with Crippen molar-refractivity contribution in [1.82, 2.24) is 29.4 Å². The van der Waals surface area contributed by atoms with Crippen LogP contribution in [0.25, 0.3) is 16.8 Å². The quantitative estimate of drug-likeness (QED) is 0.610. The van der Waals surface area contributed by atoms with E-state index in [1.54, 1.807) is 0 Å². The molecule has 9 heteroatoms. The Labute approximate surface area is 180 Å². The molecular formula is C21H28N6O2S.